The van der Waals surface area contributed by atoms with E-state index >= 15 is 0 Å². The van der Waals surface area contributed by atoms with Crippen LogP contribution in [0.1, 0.15) is 51.2 Å². The van der Waals surface area contributed by atoms with Crippen molar-refractivity contribution in [3.05, 3.63) is 29.6 Å². The number of rotatable bonds is 3. The van der Waals surface area contributed by atoms with Gasteiger partial charge in [0.15, 0.2) is 0 Å². The van der Waals surface area contributed by atoms with Crippen molar-refractivity contribution in [3.8, 4) is 0 Å². The van der Waals surface area contributed by atoms with E-state index in [0.29, 0.717) is 23.2 Å². The Morgan fingerprint density at radius 2 is 2.11 bits per heavy atom. The first-order valence-corrected chi connectivity index (χ1v) is 7.20. The standard InChI is InChI=1S/C16H24FNO/c1-11-6-4-7-13(10-11)18(3)16-14(12(2)19)8-5-9-15(16)17/h5,8-9,11-13,19H,4,6-7,10H2,1-3H3/t11?,12-,13?/m1/s1. The van der Waals surface area contributed by atoms with Crippen molar-refractivity contribution in [3.63, 3.8) is 0 Å². The summed E-state index contributed by atoms with van der Waals surface area (Å²) in [5.74, 6) is 0.460. The number of nitrogens with zero attached hydrogens (tertiary/aromatic N) is 1. The van der Waals surface area contributed by atoms with Crippen LogP contribution in [0.4, 0.5) is 10.1 Å². The average molecular weight is 265 g/mol. The van der Waals surface area contributed by atoms with Crippen molar-refractivity contribution < 1.29 is 9.50 Å². The highest BCUT2D eigenvalue weighted by molar-refractivity contribution is 5.56. The van der Waals surface area contributed by atoms with Crippen molar-refractivity contribution in [2.45, 2.75) is 51.7 Å². The highest BCUT2D eigenvalue weighted by Gasteiger charge is 2.26. The Morgan fingerprint density at radius 1 is 1.37 bits per heavy atom. The molecule has 1 saturated carbocycles. The van der Waals surface area contributed by atoms with Gasteiger partial charge in [-0.1, -0.05) is 31.9 Å². The number of hydrogen-bond acceptors (Lipinski definition) is 2. The van der Waals surface area contributed by atoms with Crippen LogP contribution in [0.5, 0.6) is 0 Å². The van der Waals surface area contributed by atoms with Gasteiger partial charge in [0.25, 0.3) is 0 Å². The van der Waals surface area contributed by atoms with E-state index in [9.17, 15) is 9.50 Å². The maximum absolute atomic E-state index is 14.2. The number of aliphatic hydroxyl groups is 1. The van der Waals surface area contributed by atoms with Gasteiger partial charge in [-0.05, 0) is 31.7 Å². The topological polar surface area (TPSA) is 23.5 Å². The van der Waals surface area contributed by atoms with Crippen LogP contribution >= 0.6 is 0 Å². The maximum Gasteiger partial charge on any atom is 0.146 e. The zero-order chi connectivity index (χ0) is 14.0. The molecule has 0 bridgehead atoms. The van der Waals surface area contributed by atoms with Crippen LogP contribution in [0, 0.1) is 11.7 Å². The summed E-state index contributed by atoms with van der Waals surface area (Å²) in [6.45, 7) is 3.95. The zero-order valence-electron chi connectivity index (χ0n) is 12.1. The number of aliphatic hydroxyl groups excluding tert-OH is 1. The van der Waals surface area contributed by atoms with Gasteiger partial charge in [-0.15, -0.1) is 0 Å². The molecule has 2 unspecified atom stereocenters. The second kappa shape index (κ2) is 5.91. The van der Waals surface area contributed by atoms with Crippen LogP contribution in [0.2, 0.25) is 0 Å². The lowest BCUT2D eigenvalue weighted by atomic mass is 9.86. The highest BCUT2D eigenvalue weighted by atomic mass is 19.1. The number of hydrogen-bond donors (Lipinski definition) is 1. The van der Waals surface area contributed by atoms with E-state index in [1.165, 1.54) is 18.9 Å². The van der Waals surface area contributed by atoms with Gasteiger partial charge >= 0.3 is 0 Å². The molecule has 1 aromatic carbocycles. The zero-order valence-corrected chi connectivity index (χ0v) is 12.1. The molecule has 3 atom stereocenters. The van der Waals surface area contributed by atoms with Crippen molar-refractivity contribution >= 4 is 5.69 Å². The van der Waals surface area contributed by atoms with Crippen molar-refractivity contribution in [1.82, 2.24) is 0 Å². The Balaban J connectivity index is 2.29. The first kappa shape index (κ1) is 14.3. The number of para-hydroxylation sites is 1. The predicted molar refractivity (Wildman–Crippen MR) is 76.9 cm³/mol. The van der Waals surface area contributed by atoms with E-state index < -0.39 is 6.10 Å². The molecule has 1 aliphatic carbocycles. The molecule has 1 fully saturated rings. The second-order valence-electron chi connectivity index (χ2n) is 5.89. The third-order valence-electron chi connectivity index (χ3n) is 4.28. The minimum Gasteiger partial charge on any atom is -0.389 e. The summed E-state index contributed by atoms with van der Waals surface area (Å²) in [6, 6.07) is 5.33. The van der Waals surface area contributed by atoms with E-state index in [1.54, 1.807) is 13.0 Å². The average Bonchev–Trinajstić information content (AvgIpc) is 2.37. The molecule has 1 aromatic rings. The van der Waals surface area contributed by atoms with Crippen molar-refractivity contribution in [1.29, 1.82) is 0 Å². The van der Waals surface area contributed by atoms with Gasteiger partial charge in [0.1, 0.15) is 5.82 Å². The van der Waals surface area contributed by atoms with Crippen LogP contribution < -0.4 is 4.90 Å². The quantitative estimate of drug-likeness (QED) is 0.896. The minimum atomic E-state index is -0.644. The summed E-state index contributed by atoms with van der Waals surface area (Å²) >= 11 is 0. The van der Waals surface area contributed by atoms with Crippen LogP contribution in [0.15, 0.2) is 18.2 Å². The molecule has 3 heteroatoms. The van der Waals surface area contributed by atoms with Gasteiger partial charge in [-0.3, -0.25) is 0 Å². The van der Waals surface area contributed by atoms with Crippen LogP contribution in [-0.4, -0.2) is 18.2 Å². The molecule has 2 nitrogen and oxygen atoms in total. The van der Waals surface area contributed by atoms with Crippen LogP contribution in [-0.2, 0) is 0 Å². The minimum absolute atomic E-state index is 0.237. The summed E-state index contributed by atoms with van der Waals surface area (Å²) in [6.07, 6.45) is 4.03. The summed E-state index contributed by atoms with van der Waals surface area (Å²) in [5, 5.41) is 9.83. The fourth-order valence-corrected chi connectivity index (χ4v) is 3.18. The molecule has 106 valence electrons. The Labute approximate surface area is 115 Å². The van der Waals surface area contributed by atoms with E-state index in [2.05, 4.69) is 6.92 Å². The van der Waals surface area contributed by atoms with Crippen LogP contribution in [0.25, 0.3) is 0 Å². The maximum atomic E-state index is 14.2. The summed E-state index contributed by atoms with van der Waals surface area (Å²) in [4.78, 5) is 2.03. The van der Waals surface area contributed by atoms with Gasteiger partial charge in [0, 0.05) is 18.7 Å². The monoisotopic (exact) mass is 265 g/mol. The molecule has 2 rings (SSSR count). The molecular formula is C16H24FNO. The Morgan fingerprint density at radius 3 is 2.74 bits per heavy atom. The lowest BCUT2D eigenvalue weighted by molar-refractivity contribution is 0.199. The molecule has 19 heavy (non-hydrogen) atoms. The molecule has 0 radical (unpaired) electrons. The normalized spacial score (nSPS) is 25.1. The molecule has 0 saturated heterocycles. The Bertz CT molecular complexity index is 433. The molecule has 0 spiro atoms. The largest absolute Gasteiger partial charge is 0.389 e. The van der Waals surface area contributed by atoms with Gasteiger partial charge in [0.2, 0.25) is 0 Å². The third kappa shape index (κ3) is 3.08. The van der Waals surface area contributed by atoms with Crippen molar-refractivity contribution in [2.24, 2.45) is 5.92 Å². The first-order chi connectivity index (χ1) is 9.00. The van der Waals surface area contributed by atoms with Gasteiger partial charge < -0.3 is 10.0 Å². The van der Waals surface area contributed by atoms with Gasteiger partial charge in [-0.25, -0.2) is 4.39 Å². The fraction of sp³-hybridized carbons (Fsp3) is 0.625. The molecule has 0 amide bonds. The number of anilines is 1. The smallest absolute Gasteiger partial charge is 0.146 e. The SMILES string of the molecule is CC1CCCC(N(C)c2c(F)cccc2[C@@H](C)O)C1. The first-order valence-electron chi connectivity index (χ1n) is 7.20. The lowest BCUT2D eigenvalue weighted by Crippen LogP contribution is -2.36. The third-order valence-corrected chi connectivity index (χ3v) is 4.28. The molecule has 0 aromatic heterocycles. The summed E-state index contributed by atoms with van der Waals surface area (Å²) in [7, 11) is 1.95. The van der Waals surface area contributed by atoms with E-state index in [0.717, 1.165) is 12.8 Å². The molecule has 1 N–H and O–H groups in total. The molecule has 0 aliphatic heterocycles. The number of halogens is 1. The van der Waals surface area contributed by atoms with E-state index in [-0.39, 0.29) is 5.82 Å². The second-order valence-corrected chi connectivity index (χ2v) is 5.89. The van der Waals surface area contributed by atoms with Gasteiger partial charge in [-0.2, -0.15) is 0 Å². The Kier molecular flexibility index (Phi) is 4.46. The number of benzene rings is 1. The van der Waals surface area contributed by atoms with Crippen LogP contribution in [0.3, 0.4) is 0 Å². The van der Waals surface area contributed by atoms with E-state index in [4.69, 9.17) is 0 Å². The lowest BCUT2D eigenvalue weighted by Gasteiger charge is -2.37. The highest BCUT2D eigenvalue weighted by Crippen LogP contribution is 2.34. The fourth-order valence-electron chi connectivity index (χ4n) is 3.18. The summed E-state index contributed by atoms with van der Waals surface area (Å²) in [5.41, 5.74) is 1.25. The molecule has 0 heterocycles. The molecule has 1 aliphatic rings. The van der Waals surface area contributed by atoms with Crippen molar-refractivity contribution in [2.75, 3.05) is 11.9 Å². The molecular weight excluding hydrogens is 241 g/mol. The van der Waals surface area contributed by atoms with E-state index in [1.807, 2.05) is 18.0 Å². The Hall–Kier alpha value is -1.09. The van der Waals surface area contributed by atoms with Gasteiger partial charge in [0.05, 0.1) is 11.8 Å². The summed E-state index contributed by atoms with van der Waals surface area (Å²) < 4.78 is 14.2. The predicted octanol–water partition coefficient (Wildman–Crippen LogP) is 3.89.